The van der Waals surface area contributed by atoms with Crippen LogP contribution in [-0.2, 0) is 28.6 Å². The molecule has 0 aliphatic heterocycles. The number of esters is 3. The van der Waals surface area contributed by atoms with Gasteiger partial charge in [0, 0.05) is 23.6 Å². The highest BCUT2D eigenvalue weighted by molar-refractivity contribution is 5.82. The normalized spacial score (nSPS) is 9.90. The fraction of sp³-hybridized carbons (Fsp3) is 0.421. The maximum atomic E-state index is 10.8. The van der Waals surface area contributed by atoms with Gasteiger partial charge in [0.2, 0.25) is 0 Å². The molecule has 10 heteroatoms. The lowest BCUT2D eigenvalue weighted by molar-refractivity contribution is -0.237. The molecule has 0 saturated carbocycles. The Labute approximate surface area is 167 Å². The molecule has 166 valence electrons. The van der Waals surface area contributed by atoms with E-state index < -0.39 is 29.8 Å². The average Bonchev–Trinajstić information content (AvgIpc) is 2.61. The van der Waals surface area contributed by atoms with Gasteiger partial charge in [0.1, 0.15) is 6.61 Å². The molecule has 0 bridgehead atoms. The Morgan fingerprint density at radius 1 is 0.793 bits per heavy atom. The molecule has 29 heavy (non-hydrogen) atoms. The minimum absolute atomic E-state index is 0.169. The number of ether oxygens (including phenoxy) is 3. The molecule has 0 aliphatic carbocycles. The second-order valence-electron chi connectivity index (χ2n) is 5.99. The summed E-state index contributed by atoms with van der Waals surface area (Å²) in [5.41, 5.74) is 0.405. The first-order valence-corrected chi connectivity index (χ1v) is 7.85. The van der Waals surface area contributed by atoms with Gasteiger partial charge in [0.05, 0.1) is 13.2 Å². The van der Waals surface area contributed by atoms with Gasteiger partial charge in [-0.3, -0.25) is 0 Å². The van der Waals surface area contributed by atoms with Crippen molar-refractivity contribution in [3.8, 4) is 0 Å². The molecule has 0 rings (SSSR count). The molecule has 0 spiro atoms. The van der Waals surface area contributed by atoms with E-state index in [2.05, 4.69) is 31.1 Å². The molecule has 0 amide bonds. The second-order valence-corrected chi connectivity index (χ2v) is 5.99. The number of rotatable bonds is 9. The van der Waals surface area contributed by atoms with E-state index in [4.69, 9.17) is 9.47 Å². The zero-order valence-corrected chi connectivity index (χ0v) is 16.6. The highest BCUT2D eigenvalue weighted by atomic mass is 19.5. The molecular formula is C19H26F4O6. The van der Waals surface area contributed by atoms with Crippen LogP contribution < -0.4 is 0 Å². The highest BCUT2D eigenvalue weighted by Gasteiger charge is 2.24. The Kier molecular flexibility index (Phi) is 17.1. The molecule has 0 atom stereocenters. The maximum absolute atomic E-state index is 10.8. The number of carbonyl (C=O) groups excluding carboxylic acids is 3. The van der Waals surface area contributed by atoms with E-state index in [9.17, 15) is 31.9 Å². The Hall–Kier alpha value is -2.91. The van der Waals surface area contributed by atoms with E-state index in [0.29, 0.717) is 0 Å². The van der Waals surface area contributed by atoms with Crippen LogP contribution in [0.1, 0.15) is 20.8 Å². The standard InChI is InChI=1S/C11H16O4.C7H10O2.CF4/c1-5-9(12)14-7-11(3,4)8-15-10(13)6-2;1-4-7(8)9-5-6(2)3;2-1(3,4)5/h5-6H,1-2,7-8H2,3-4H3;4H,1-2,5H2,3H3;. The minimum Gasteiger partial charge on any atom is -0.462 e. The Morgan fingerprint density at radius 2 is 1.07 bits per heavy atom. The monoisotopic (exact) mass is 426 g/mol. The van der Waals surface area contributed by atoms with Gasteiger partial charge in [-0.1, -0.05) is 40.2 Å². The quantitative estimate of drug-likeness (QED) is 0.180. The predicted molar refractivity (Wildman–Crippen MR) is 99.2 cm³/mol. The van der Waals surface area contributed by atoms with Crippen LogP contribution in [0.2, 0.25) is 0 Å². The summed E-state index contributed by atoms with van der Waals surface area (Å²) in [5.74, 6) is -1.38. The molecule has 0 saturated heterocycles. The van der Waals surface area contributed by atoms with Gasteiger partial charge in [-0.25, -0.2) is 14.4 Å². The number of carbonyl (C=O) groups is 3. The van der Waals surface area contributed by atoms with E-state index in [0.717, 1.165) is 23.8 Å². The van der Waals surface area contributed by atoms with Crippen molar-refractivity contribution >= 4 is 17.9 Å². The van der Waals surface area contributed by atoms with Crippen LogP contribution >= 0.6 is 0 Å². The third-order valence-electron chi connectivity index (χ3n) is 2.17. The number of halogens is 4. The summed E-state index contributed by atoms with van der Waals surface area (Å²) in [6.45, 7) is 19.4. The van der Waals surface area contributed by atoms with Gasteiger partial charge in [0.15, 0.2) is 0 Å². The van der Waals surface area contributed by atoms with Gasteiger partial charge in [-0.2, -0.15) is 0 Å². The Morgan fingerprint density at radius 3 is 1.31 bits per heavy atom. The lowest BCUT2D eigenvalue weighted by Gasteiger charge is -2.22. The minimum atomic E-state index is -5.50. The van der Waals surface area contributed by atoms with E-state index >= 15 is 0 Å². The Bertz CT molecular complexity index is 548. The largest absolute Gasteiger partial charge is 0.559 e. The predicted octanol–water partition coefficient (Wildman–Crippen LogP) is 4.24. The van der Waals surface area contributed by atoms with Crippen LogP contribution in [0, 0.1) is 5.41 Å². The first kappa shape index (κ1) is 30.8. The fourth-order valence-corrected chi connectivity index (χ4v) is 0.946. The van der Waals surface area contributed by atoms with E-state index in [1.165, 1.54) is 0 Å². The van der Waals surface area contributed by atoms with Crippen molar-refractivity contribution in [3.63, 3.8) is 0 Å². The smallest absolute Gasteiger partial charge is 0.462 e. The van der Waals surface area contributed by atoms with Gasteiger partial charge < -0.3 is 14.2 Å². The van der Waals surface area contributed by atoms with Crippen LogP contribution in [0.15, 0.2) is 50.1 Å². The number of hydrogen-bond donors (Lipinski definition) is 0. The molecule has 0 radical (unpaired) electrons. The van der Waals surface area contributed by atoms with E-state index in [1.807, 2.05) is 13.8 Å². The maximum Gasteiger partial charge on any atom is 0.559 e. The summed E-state index contributed by atoms with van der Waals surface area (Å²) in [5, 5.41) is 0. The topological polar surface area (TPSA) is 78.9 Å². The molecular weight excluding hydrogens is 400 g/mol. The fourth-order valence-electron chi connectivity index (χ4n) is 0.946. The first-order chi connectivity index (χ1) is 13.1. The summed E-state index contributed by atoms with van der Waals surface area (Å²) in [6.07, 6.45) is -2.19. The lowest BCUT2D eigenvalue weighted by Crippen LogP contribution is -2.27. The third-order valence-corrected chi connectivity index (χ3v) is 2.17. The molecule has 0 fully saturated rings. The van der Waals surface area contributed by atoms with Crippen molar-refractivity contribution in [2.24, 2.45) is 5.41 Å². The first-order valence-electron chi connectivity index (χ1n) is 7.85. The van der Waals surface area contributed by atoms with Gasteiger partial charge in [0.25, 0.3) is 0 Å². The van der Waals surface area contributed by atoms with Crippen molar-refractivity contribution < 1.29 is 46.2 Å². The van der Waals surface area contributed by atoms with Crippen molar-refractivity contribution in [2.75, 3.05) is 19.8 Å². The zero-order valence-electron chi connectivity index (χ0n) is 16.6. The van der Waals surface area contributed by atoms with Gasteiger partial charge >= 0.3 is 24.3 Å². The lowest BCUT2D eigenvalue weighted by atomic mass is 9.96. The van der Waals surface area contributed by atoms with Crippen molar-refractivity contribution in [2.45, 2.75) is 27.2 Å². The molecule has 0 aliphatic rings. The molecule has 6 nitrogen and oxygen atoms in total. The van der Waals surface area contributed by atoms with E-state index in [1.54, 1.807) is 6.92 Å². The van der Waals surface area contributed by atoms with Gasteiger partial charge in [-0.05, 0) is 12.5 Å². The molecule has 0 aromatic heterocycles. The molecule has 0 unspecified atom stereocenters. The van der Waals surface area contributed by atoms with E-state index in [-0.39, 0.29) is 19.8 Å². The molecule has 0 heterocycles. The summed E-state index contributed by atoms with van der Waals surface area (Å²) in [6, 6.07) is 0. The van der Waals surface area contributed by atoms with Crippen molar-refractivity contribution in [3.05, 3.63) is 50.1 Å². The second kappa shape index (κ2) is 16.1. The Balaban J connectivity index is -0.000000407. The van der Waals surface area contributed by atoms with Crippen LogP contribution in [-0.4, -0.2) is 44.2 Å². The summed E-state index contributed by atoms with van der Waals surface area (Å²) < 4.78 is 53.0. The van der Waals surface area contributed by atoms with Crippen molar-refractivity contribution in [1.29, 1.82) is 0 Å². The molecule has 0 N–H and O–H groups in total. The highest BCUT2D eigenvalue weighted by Crippen LogP contribution is 2.16. The van der Waals surface area contributed by atoms with Crippen LogP contribution in [0.3, 0.4) is 0 Å². The summed E-state index contributed by atoms with van der Waals surface area (Å²) >= 11 is 0. The van der Waals surface area contributed by atoms with Crippen molar-refractivity contribution in [1.82, 2.24) is 0 Å². The van der Waals surface area contributed by atoms with Gasteiger partial charge in [-0.15, -0.1) is 17.6 Å². The number of hydrogen-bond acceptors (Lipinski definition) is 6. The summed E-state index contributed by atoms with van der Waals surface area (Å²) in [7, 11) is 0. The SMILES string of the molecule is C=CC(=O)OCC(=C)C.C=CC(=O)OCC(C)(C)COC(=O)C=C.FC(F)(F)F. The van der Waals surface area contributed by atoms with Crippen LogP contribution in [0.5, 0.6) is 0 Å². The van der Waals surface area contributed by atoms with Crippen LogP contribution in [0.4, 0.5) is 17.6 Å². The third kappa shape index (κ3) is 33.1. The van der Waals surface area contributed by atoms with Crippen LogP contribution in [0.25, 0.3) is 0 Å². The molecule has 0 aromatic carbocycles. The summed E-state index contributed by atoms with van der Waals surface area (Å²) in [4.78, 5) is 31.9. The molecule has 0 aromatic rings. The zero-order chi connectivity index (χ0) is 23.7. The number of alkyl halides is 4. The average molecular weight is 426 g/mol.